The third kappa shape index (κ3) is 7.83. The number of aryl methyl sites for hydroxylation is 2. The molecule has 2 heteroatoms. The molecule has 2 nitrogen and oxygen atoms in total. The van der Waals surface area contributed by atoms with Crippen molar-refractivity contribution in [1.82, 2.24) is 9.97 Å². The van der Waals surface area contributed by atoms with Crippen LogP contribution in [0.25, 0.3) is 0 Å². The van der Waals surface area contributed by atoms with Crippen LogP contribution in [0.5, 0.6) is 0 Å². The Kier molecular flexibility index (Phi) is 9.51. The van der Waals surface area contributed by atoms with E-state index in [4.69, 9.17) is 0 Å². The van der Waals surface area contributed by atoms with Gasteiger partial charge in [0.25, 0.3) is 0 Å². The van der Waals surface area contributed by atoms with Crippen LogP contribution in [0.3, 0.4) is 0 Å². The standard InChI is InChI=1S/C24H32N2/c1-3-5-7-8-9-10-12-23-19-25-24(26-20-23)18-17-22-15-13-21(14-16-22)11-6-4-2/h13-16,19-20H,3-12H2,1-2H3. The summed E-state index contributed by atoms with van der Waals surface area (Å²) in [6.07, 6.45) is 16.4. The summed E-state index contributed by atoms with van der Waals surface area (Å²) in [4.78, 5) is 8.79. The zero-order chi connectivity index (χ0) is 18.5. The highest BCUT2D eigenvalue weighted by molar-refractivity contribution is 5.39. The van der Waals surface area contributed by atoms with Gasteiger partial charge in [-0.05, 0) is 54.9 Å². The van der Waals surface area contributed by atoms with Crippen LogP contribution in [0.4, 0.5) is 0 Å². The molecule has 1 aromatic carbocycles. The van der Waals surface area contributed by atoms with Crippen LogP contribution in [0, 0.1) is 11.8 Å². The van der Waals surface area contributed by atoms with Crippen LogP contribution >= 0.6 is 0 Å². The van der Waals surface area contributed by atoms with E-state index in [1.165, 1.54) is 62.5 Å². The first-order valence-electron chi connectivity index (χ1n) is 10.2. The monoisotopic (exact) mass is 348 g/mol. The third-order valence-corrected chi connectivity index (χ3v) is 4.62. The van der Waals surface area contributed by atoms with E-state index < -0.39 is 0 Å². The summed E-state index contributed by atoms with van der Waals surface area (Å²) in [6, 6.07) is 8.52. The molecule has 0 radical (unpaired) electrons. The maximum absolute atomic E-state index is 4.40. The van der Waals surface area contributed by atoms with E-state index in [9.17, 15) is 0 Å². The first kappa shape index (κ1) is 20.2. The minimum atomic E-state index is 0.603. The molecule has 0 saturated carbocycles. The highest BCUT2D eigenvalue weighted by atomic mass is 14.8. The fourth-order valence-electron chi connectivity index (χ4n) is 2.92. The lowest BCUT2D eigenvalue weighted by molar-refractivity contribution is 0.606. The molecule has 0 aliphatic carbocycles. The zero-order valence-corrected chi connectivity index (χ0v) is 16.4. The quantitative estimate of drug-likeness (QED) is 0.382. The highest BCUT2D eigenvalue weighted by Crippen LogP contribution is 2.09. The molecule has 1 aromatic heterocycles. The molecule has 0 atom stereocenters. The topological polar surface area (TPSA) is 25.8 Å². The van der Waals surface area contributed by atoms with Crippen molar-refractivity contribution in [3.05, 3.63) is 59.2 Å². The van der Waals surface area contributed by atoms with Gasteiger partial charge in [0.1, 0.15) is 0 Å². The van der Waals surface area contributed by atoms with Crippen LogP contribution in [-0.2, 0) is 12.8 Å². The van der Waals surface area contributed by atoms with Gasteiger partial charge in [-0.1, -0.05) is 70.4 Å². The van der Waals surface area contributed by atoms with Gasteiger partial charge in [-0.3, -0.25) is 0 Å². The lowest BCUT2D eigenvalue weighted by Crippen LogP contribution is -1.93. The van der Waals surface area contributed by atoms with E-state index in [0.29, 0.717) is 5.82 Å². The molecule has 2 aromatic rings. The minimum Gasteiger partial charge on any atom is -0.229 e. The van der Waals surface area contributed by atoms with Gasteiger partial charge in [-0.2, -0.15) is 0 Å². The fraction of sp³-hybridized carbons (Fsp3) is 0.500. The van der Waals surface area contributed by atoms with Gasteiger partial charge in [-0.25, -0.2) is 9.97 Å². The van der Waals surface area contributed by atoms with E-state index in [2.05, 4.69) is 59.9 Å². The largest absolute Gasteiger partial charge is 0.229 e. The molecular formula is C24H32N2. The number of benzene rings is 1. The molecule has 0 fully saturated rings. The van der Waals surface area contributed by atoms with Crippen LogP contribution < -0.4 is 0 Å². The Hall–Kier alpha value is -2.14. The Morgan fingerprint density at radius 3 is 1.96 bits per heavy atom. The van der Waals surface area contributed by atoms with Gasteiger partial charge >= 0.3 is 0 Å². The van der Waals surface area contributed by atoms with Crippen molar-refractivity contribution in [2.75, 3.05) is 0 Å². The molecule has 0 N–H and O–H groups in total. The van der Waals surface area contributed by atoms with E-state index in [1.54, 1.807) is 0 Å². The molecule has 0 bridgehead atoms. The van der Waals surface area contributed by atoms with E-state index in [-0.39, 0.29) is 0 Å². The van der Waals surface area contributed by atoms with Gasteiger partial charge in [0.05, 0.1) is 0 Å². The smallest absolute Gasteiger partial charge is 0.205 e. The lowest BCUT2D eigenvalue weighted by Gasteiger charge is -2.01. The van der Waals surface area contributed by atoms with Crippen molar-refractivity contribution in [1.29, 1.82) is 0 Å². The van der Waals surface area contributed by atoms with E-state index >= 15 is 0 Å². The van der Waals surface area contributed by atoms with Crippen molar-refractivity contribution in [2.24, 2.45) is 0 Å². The van der Waals surface area contributed by atoms with Gasteiger partial charge in [0, 0.05) is 18.0 Å². The van der Waals surface area contributed by atoms with E-state index in [1.807, 2.05) is 12.4 Å². The number of rotatable bonds is 10. The number of hydrogen-bond acceptors (Lipinski definition) is 2. The summed E-state index contributed by atoms with van der Waals surface area (Å²) in [5.74, 6) is 6.83. The Bertz CT molecular complexity index is 675. The first-order valence-corrected chi connectivity index (χ1v) is 10.2. The second-order valence-corrected chi connectivity index (χ2v) is 6.98. The molecule has 26 heavy (non-hydrogen) atoms. The van der Waals surface area contributed by atoms with Crippen molar-refractivity contribution < 1.29 is 0 Å². The predicted molar refractivity (Wildman–Crippen MR) is 110 cm³/mol. The number of nitrogens with zero attached hydrogens (tertiary/aromatic N) is 2. The molecule has 0 aliphatic rings. The Labute approximate surface area is 159 Å². The average molecular weight is 349 g/mol. The summed E-state index contributed by atoms with van der Waals surface area (Å²) >= 11 is 0. The average Bonchev–Trinajstić information content (AvgIpc) is 2.69. The van der Waals surface area contributed by atoms with Gasteiger partial charge in [0.2, 0.25) is 5.82 Å². The summed E-state index contributed by atoms with van der Waals surface area (Å²) in [7, 11) is 0. The van der Waals surface area contributed by atoms with E-state index in [0.717, 1.165) is 18.4 Å². The second kappa shape index (κ2) is 12.3. The van der Waals surface area contributed by atoms with Gasteiger partial charge in [-0.15, -0.1) is 0 Å². The maximum Gasteiger partial charge on any atom is 0.205 e. The fourth-order valence-corrected chi connectivity index (χ4v) is 2.92. The predicted octanol–water partition coefficient (Wildman–Crippen LogP) is 6.12. The molecule has 1 heterocycles. The van der Waals surface area contributed by atoms with Crippen molar-refractivity contribution in [3.8, 4) is 11.8 Å². The number of hydrogen-bond donors (Lipinski definition) is 0. The molecular weight excluding hydrogens is 316 g/mol. The SMILES string of the molecule is CCCCCCCCc1cnc(C#Cc2ccc(CCCC)cc2)nc1. The molecule has 0 amide bonds. The molecule has 0 aliphatic heterocycles. The number of unbranched alkanes of at least 4 members (excludes halogenated alkanes) is 6. The van der Waals surface area contributed by atoms with Crippen LogP contribution in [0.1, 0.15) is 87.7 Å². The summed E-state index contributed by atoms with van der Waals surface area (Å²) in [5.41, 5.74) is 3.61. The Morgan fingerprint density at radius 1 is 0.654 bits per heavy atom. The lowest BCUT2D eigenvalue weighted by atomic mass is 10.1. The first-order chi connectivity index (χ1) is 12.8. The number of aromatic nitrogens is 2. The summed E-state index contributed by atoms with van der Waals surface area (Å²) in [6.45, 7) is 4.48. The van der Waals surface area contributed by atoms with Crippen LogP contribution in [0.15, 0.2) is 36.7 Å². The van der Waals surface area contributed by atoms with Crippen LogP contribution in [-0.4, -0.2) is 9.97 Å². The van der Waals surface area contributed by atoms with Gasteiger partial charge < -0.3 is 0 Å². The zero-order valence-electron chi connectivity index (χ0n) is 16.4. The minimum absolute atomic E-state index is 0.603. The Balaban J connectivity index is 1.79. The maximum atomic E-state index is 4.40. The van der Waals surface area contributed by atoms with Crippen molar-refractivity contribution in [3.63, 3.8) is 0 Å². The van der Waals surface area contributed by atoms with Crippen molar-refractivity contribution in [2.45, 2.75) is 78.1 Å². The van der Waals surface area contributed by atoms with Gasteiger partial charge in [0.15, 0.2) is 0 Å². The molecule has 0 spiro atoms. The second-order valence-electron chi connectivity index (χ2n) is 6.98. The molecule has 2 rings (SSSR count). The summed E-state index contributed by atoms with van der Waals surface area (Å²) < 4.78 is 0. The molecule has 138 valence electrons. The highest BCUT2D eigenvalue weighted by Gasteiger charge is 1.97. The summed E-state index contributed by atoms with van der Waals surface area (Å²) in [5, 5.41) is 0. The normalized spacial score (nSPS) is 10.4. The van der Waals surface area contributed by atoms with Crippen molar-refractivity contribution >= 4 is 0 Å². The Morgan fingerprint density at radius 2 is 1.27 bits per heavy atom. The molecule has 0 unspecified atom stereocenters. The third-order valence-electron chi connectivity index (χ3n) is 4.62. The van der Waals surface area contributed by atoms with Crippen LogP contribution in [0.2, 0.25) is 0 Å². The molecule has 0 saturated heterocycles.